The van der Waals surface area contributed by atoms with Gasteiger partial charge >= 0.3 is 12.1 Å². The second-order valence-corrected chi connectivity index (χ2v) is 8.73. The minimum atomic E-state index is -3.51. The van der Waals surface area contributed by atoms with E-state index in [-0.39, 0.29) is 6.42 Å². The first kappa shape index (κ1) is 24.5. The van der Waals surface area contributed by atoms with Crippen molar-refractivity contribution in [2.45, 2.75) is 37.1 Å². The third-order valence-corrected chi connectivity index (χ3v) is 6.11. The maximum absolute atomic E-state index is 12.0. The molecule has 0 aromatic heterocycles. The van der Waals surface area contributed by atoms with E-state index in [2.05, 4.69) is 0 Å². The third-order valence-electron chi connectivity index (χ3n) is 4.90. The second kappa shape index (κ2) is 9.17. The number of ether oxygens (including phenoxy) is 1. The standard InChI is InChI=1S/C17H21N3O11S/c1-7-5-10(22)20(7)13(15(26)27)17(2,32(29)30)6-31-16(28)19-18-14(25)8-3-4-9(21)12(24)11(8)23/h3-4,7,13,21,23-24,32H,5-6H2,1-2H3,(H,18,25)(H,19,28)(H,26,27)/t7-,13+,17+/m1/s1. The number of thiol groups is 1. The van der Waals surface area contributed by atoms with Crippen molar-refractivity contribution in [3.8, 4) is 17.2 Å². The van der Waals surface area contributed by atoms with Gasteiger partial charge in [-0.2, -0.15) is 0 Å². The van der Waals surface area contributed by atoms with E-state index in [1.54, 1.807) is 5.43 Å². The van der Waals surface area contributed by atoms with Crippen molar-refractivity contribution >= 4 is 34.6 Å². The molecular weight excluding hydrogens is 454 g/mol. The molecular formula is C17H21N3O11S. The molecule has 1 heterocycles. The topological polar surface area (TPSA) is 220 Å². The number of hydrogen-bond donors (Lipinski definition) is 7. The summed E-state index contributed by atoms with van der Waals surface area (Å²) in [6.07, 6.45) is -1.33. The molecule has 2 rings (SSSR count). The SMILES string of the molecule is C[C@@H]1CC(=O)N1[C@@H](C(=O)O)[C@](C)(COC(=O)NNC(=O)c1ccc(O)c(O)c1O)[SH](=O)=O. The number of rotatable bonds is 7. The van der Waals surface area contributed by atoms with E-state index < -0.39 is 80.8 Å². The average Bonchev–Trinajstić information content (AvgIpc) is 2.72. The number of nitrogens with zero attached hydrogens (tertiary/aromatic N) is 1. The van der Waals surface area contributed by atoms with E-state index in [1.807, 2.05) is 5.43 Å². The number of aromatic hydroxyl groups is 3. The number of amides is 3. The molecule has 0 bridgehead atoms. The smallest absolute Gasteiger partial charge is 0.426 e. The van der Waals surface area contributed by atoms with Gasteiger partial charge in [0, 0.05) is 12.5 Å². The number of β-lactam (4-membered cyclic amide) rings is 1. The van der Waals surface area contributed by atoms with Crippen molar-refractivity contribution < 1.29 is 52.8 Å². The lowest BCUT2D eigenvalue weighted by atomic mass is 9.92. The van der Waals surface area contributed by atoms with Gasteiger partial charge in [-0.05, 0) is 26.0 Å². The summed E-state index contributed by atoms with van der Waals surface area (Å²) in [6, 6.07) is -0.503. The zero-order chi connectivity index (χ0) is 24.4. The highest BCUT2D eigenvalue weighted by molar-refractivity contribution is 7.74. The highest BCUT2D eigenvalue weighted by Gasteiger charge is 2.53. The van der Waals surface area contributed by atoms with Gasteiger partial charge in [0.1, 0.15) is 11.4 Å². The average molecular weight is 475 g/mol. The van der Waals surface area contributed by atoms with Gasteiger partial charge in [0.25, 0.3) is 5.91 Å². The number of phenolic OH excluding ortho intramolecular Hbond substituents is 3. The number of carboxylic acids is 1. The lowest BCUT2D eigenvalue weighted by molar-refractivity contribution is -0.163. The van der Waals surface area contributed by atoms with Gasteiger partial charge in [0.2, 0.25) is 11.7 Å². The first-order valence-corrected chi connectivity index (χ1v) is 10.1. The summed E-state index contributed by atoms with van der Waals surface area (Å²) in [4.78, 5) is 48.3. The molecule has 32 heavy (non-hydrogen) atoms. The Labute approximate surface area is 182 Å². The Morgan fingerprint density at radius 3 is 2.34 bits per heavy atom. The van der Waals surface area contributed by atoms with Crippen LogP contribution in [0.3, 0.4) is 0 Å². The van der Waals surface area contributed by atoms with E-state index in [9.17, 15) is 48.0 Å². The Bertz CT molecular complexity index is 1030. The summed E-state index contributed by atoms with van der Waals surface area (Å²) in [5, 5.41) is 37.8. The maximum atomic E-state index is 12.0. The van der Waals surface area contributed by atoms with Gasteiger partial charge in [-0.3, -0.25) is 15.0 Å². The van der Waals surface area contributed by atoms with Crippen LogP contribution in [0.4, 0.5) is 4.79 Å². The summed E-state index contributed by atoms with van der Waals surface area (Å²) in [5.74, 6) is -5.93. The molecule has 3 amide bonds. The molecule has 1 aliphatic rings. The van der Waals surface area contributed by atoms with Crippen molar-refractivity contribution in [3.63, 3.8) is 0 Å². The lowest BCUT2D eigenvalue weighted by Crippen LogP contribution is -2.67. The fourth-order valence-electron chi connectivity index (χ4n) is 3.08. The maximum Gasteiger partial charge on any atom is 0.426 e. The van der Waals surface area contributed by atoms with Crippen LogP contribution in [0.1, 0.15) is 30.6 Å². The third kappa shape index (κ3) is 4.61. The highest BCUT2D eigenvalue weighted by atomic mass is 32.2. The number of carboxylic acid groups (broad SMARTS) is 1. The molecule has 3 atom stereocenters. The Balaban J connectivity index is 2.07. The van der Waals surface area contributed by atoms with E-state index in [4.69, 9.17) is 4.74 Å². The molecule has 1 aromatic rings. The number of hydrogen-bond acceptors (Lipinski definition) is 10. The number of likely N-dealkylation sites (tertiary alicyclic amines) is 1. The molecule has 15 heteroatoms. The predicted molar refractivity (Wildman–Crippen MR) is 104 cm³/mol. The van der Waals surface area contributed by atoms with Crippen LogP contribution in [-0.2, 0) is 25.0 Å². The van der Waals surface area contributed by atoms with Crippen molar-refractivity contribution in [1.82, 2.24) is 15.8 Å². The largest absolute Gasteiger partial charge is 0.504 e. The highest BCUT2D eigenvalue weighted by Crippen LogP contribution is 2.36. The van der Waals surface area contributed by atoms with Crippen LogP contribution in [0.15, 0.2) is 12.1 Å². The van der Waals surface area contributed by atoms with Crippen LogP contribution in [0.25, 0.3) is 0 Å². The number of aliphatic carboxylic acids is 1. The number of carbonyl (C=O) groups excluding carboxylic acids is 3. The molecule has 1 aromatic carbocycles. The van der Waals surface area contributed by atoms with Gasteiger partial charge in [-0.25, -0.2) is 23.4 Å². The van der Waals surface area contributed by atoms with Gasteiger partial charge in [0.15, 0.2) is 28.2 Å². The molecule has 1 aliphatic heterocycles. The minimum Gasteiger partial charge on any atom is -0.504 e. The fourth-order valence-corrected chi connectivity index (χ4v) is 3.68. The molecule has 1 saturated heterocycles. The summed E-state index contributed by atoms with van der Waals surface area (Å²) in [7, 11) is -3.51. The number of hydrazine groups is 1. The van der Waals surface area contributed by atoms with Crippen LogP contribution in [0, 0.1) is 0 Å². The van der Waals surface area contributed by atoms with Crippen molar-refractivity contribution in [3.05, 3.63) is 17.7 Å². The van der Waals surface area contributed by atoms with Gasteiger partial charge in [0.05, 0.1) is 5.56 Å². The van der Waals surface area contributed by atoms with Gasteiger partial charge < -0.3 is 30.1 Å². The molecule has 0 saturated carbocycles. The molecule has 6 N–H and O–H groups in total. The molecule has 0 radical (unpaired) electrons. The van der Waals surface area contributed by atoms with Crippen LogP contribution in [0.5, 0.6) is 17.2 Å². The monoisotopic (exact) mass is 475 g/mol. The second-order valence-electron chi connectivity index (χ2n) is 7.19. The molecule has 0 aliphatic carbocycles. The summed E-state index contributed by atoms with van der Waals surface area (Å²) in [6.45, 7) is 1.57. The summed E-state index contributed by atoms with van der Waals surface area (Å²) < 4.78 is 26.3. The molecule has 1 fully saturated rings. The number of carbonyl (C=O) groups is 4. The van der Waals surface area contributed by atoms with Crippen LogP contribution >= 0.6 is 0 Å². The van der Waals surface area contributed by atoms with Crippen molar-refractivity contribution in [2.24, 2.45) is 0 Å². The van der Waals surface area contributed by atoms with Gasteiger partial charge in [-0.1, -0.05) is 0 Å². The summed E-state index contributed by atoms with van der Waals surface area (Å²) in [5.41, 5.74) is 3.05. The van der Waals surface area contributed by atoms with Gasteiger partial charge in [-0.15, -0.1) is 0 Å². The molecule has 0 unspecified atom stereocenters. The van der Waals surface area contributed by atoms with Crippen LogP contribution in [0.2, 0.25) is 0 Å². The van der Waals surface area contributed by atoms with Crippen molar-refractivity contribution in [1.29, 1.82) is 0 Å². The van der Waals surface area contributed by atoms with Crippen LogP contribution < -0.4 is 10.9 Å². The van der Waals surface area contributed by atoms with E-state index in [0.29, 0.717) is 0 Å². The Kier molecular flexibility index (Phi) is 7.03. The summed E-state index contributed by atoms with van der Waals surface area (Å²) >= 11 is 0. The zero-order valence-corrected chi connectivity index (χ0v) is 17.7. The number of nitrogens with one attached hydrogen (secondary N) is 2. The Morgan fingerprint density at radius 1 is 1.22 bits per heavy atom. The zero-order valence-electron chi connectivity index (χ0n) is 16.8. The van der Waals surface area contributed by atoms with E-state index >= 15 is 0 Å². The molecule has 176 valence electrons. The minimum absolute atomic E-state index is 0.0442. The lowest BCUT2D eigenvalue weighted by Gasteiger charge is -2.46. The van der Waals surface area contributed by atoms with E-state index in [1.165, 1.54) is 6.92 Å². The van der Waals surface area contributed by atoms with E-state index in [0.717, 1.165) is 24.0 Å². The predicted octanol–water partition coefficient (Wildman–Crippen LogP) is -1.38. The molecule has 0 spiro atoms. The molecule has 14 nitrogen and oxygen atoms in total. The quantitative estimate of drug-likeness (QED) is 0.105. The van der Waals surface area contributed by atoms with Crippen LogP contribution in [-0.4, -0.2) is 81.1 Å². The first-order valence-electron chi connectivity index (χ1n) is 8.96. The van der Waals surface area contributed by atoms with Crippen molar-refractivity contribution in [2.75, 3.05) is 6.61 Å². The first-order chi connectivity index (χ1) is 14.8. The fraction of sp³-hybridized carbons (Fsp3) is 0.412. The number of benzene rings is 1. The number of phenols is 3. The normalized spacial score (nSPS) is 18.3. The Morgan fingerprint density at radius 2 is 1.84 bits per heavy atom. The Hall–Kier alpha value is -3.75.